The quantitative estimate of drug-likeness (QED) is 0.695. The van der Waals surface area contributed by atoms with Crippen molar-refractivity contribution in [2.24, 2.45) is 0 Å². The second-order valence-electron chi connectivity index (χ2n) is 5.39. The van der Waals surface area contributed by atoms with Gasteiger partial charge in [-0.15, -0.1) is 0 Å². The van der Waals surface area contributed by atoms with E-state index in [1.807, 2.05) is 0 Å². The summed E-state index contributed by atoms with van der Waals surface area (Å²) in [4.78, 5) is 24.8. The highest BCUT2D eigenvalue weighted by molar-refractivity contribution is 6.01. The molecule has 28 heavy (non-hydrogen) atoms. The first-order valence-corrected chi connectivity index (χ1v) is 8.11. The normalized spacial score (nSPS) is 9.89. The number of nitrogens with one attached hydrogen (secondary N) is 2. The lowest BCUT2D eigenvalue weighted by atomic mass is 10.1. The molecule has 0 heterocycles. The molecule has 0 spiro atoms. The first-order chi connectivity index (χ1) is 13.5. The van der Waals surface area contributed by atoms with E-state index < -0.39 is 11.8 Å². The monoisotopic (exact) mass is 390 g/mol. The fourth-order valence-corrected chi connectivity index (χ4v) is 2.45. The summed E-state index contributed by atoms with van der Waals surface area (Å²) < 4.78 is 25.9. The average Bonchev–Trinajstić information content (AvgIpc) is 2.75. The predicted octanol–water partition coefficient (Wildman–Crippen LogP) is 1.80. The van der Waals surface area contributed by atoms with Gasteiger partial charge in [-0.2, -0.15) is 0 Å². The number of amides is 2. The van der Waals surface area contributed by atoms with E-state index in [9.17, 15) is 9.59 Å². The maximum atomic E-state index is 12.4. The number of benzene rings is 2. The van der Waals surface area contributed by atoms with Gasteiger partial charge < -0.3 is 23.7 Å². The lowest BCUT2D eigenvalue weighted by molar-refractivity contribution is 0.0844. The third kappa shape index (κ3) is 4.37. The summed E-state index contributed by atoms with van der Waals surface area (Å²) in [5, 5.41) is 0. The van der Waals surface area contributed by atoms with Crippen molar-refractivity contribution < 1.29 is 33.3 Å². The summed E-state index contributed by atoms with van der Waals surface area (Å²) in [5.41, 5.74) is 5.12. The molecular formula is C19H22N2O7. The minimum Gasteiger partial charge on any atom is -0.497 e. The van der Waals surface area contributed by atoms with Crippen molar-refractivity contribution in [1.82, 2.24) is 10.9 Å². The molecule has 0 radical (unpaired) electrons. The van der Waals surface area contributed by atoms with Crippen molar-refractivity contribution in [3.8, 4) is 28.7 Å². The Morgan fingerprint density at radius 2 is 1.25 bits per heavy atom. The predicted molar refractivity (Wildman–Crippen MR) is 101 cm³/mol. The molecule has 2 aromatic rings. The largest absolute Gasteiger partial charge is 0.497 e. The highest BCUT2D eigenvalue weighted by Gasteiger charge is 2.18. The van der Waals surface area contributed by atoms with Crippen LogP contribution in [-0.4, -0.2) is 47.4 Å². The van der Waals surface area contributed by atoms with E-state index in [4.69, 9.17) is 23.7 Å². The van der Waals surface area contributed by atoms with Crippen LogP contribution < -0.4 is 34.5 Å². The fraction of sp³-hybridized carbons (Fsp3) is 0.263. The second kappa shape index (κ2) is 9.36. The van der Waals surface area contributed by atoms with Gasteiger partial charge in [0.15, 0.2) is 11.5 Å². The number of carbonyl (C=O) groups excluding carboxylic acids is 2. The minimum atomic E-state index is -0.569. The van der Waals surface area contributed by atoms with Crippen LogP contribution in [-0.2, 0) is 0 Å². The Bertz CT molecular complexity index is 842. The number of hydrazine groups is 1. The zero-order valence-corrected chi connectivity index (χ0v) is 16.2. The van der Waals surface area contributed by atoms with E-state index >= 15 is 0 Å². The maximum absolute atomic E-state index is 12.4. The smallest absolute Gasteiger partial charge is 0.273 e. The number of rotatable bonds is 7. The van der Waals surface area contributed by atoms with Crippen LogP contribution >= 0.6 is 0 Å². The Morgan fingerprint density at radius 3 is 1.75 bits per heavy atom. The Labute approximate surface area is 162 Å². The van der Waals surface area contributed by atoms with Gasteiger partial charge in [-0.3, -0.25) is 20.4 Å². The van der Waals surface area contributed by atoms with Gasteiger partial charge in [-0.1, -0.05) is 0 Å². The molecule has 0 saturated carbocycles. The van der Waals surface area contributed by atoms with Crippen LogP contribution in [0.2, 0.25) is 0 Å². The van der Waals surface area contributed by atoms with Crippen molar-refractivity contribution in [2.45, 2.75) is 0 Å². The van der Waals surface area contributed by atoms with Crippen molar-refractivity contribution in [3.63, 3.8) is 0 Å². The third-order valence-corrected chi connectivity index (χ3v) is 3.87. The standard InChI is InChI=1S/C19H22N2O7/c1-24-12-6-7-13(14(10-12)25-2)19(23)21-20-18(22)11-8-15(26-3)17(28-5)16(9-11)27-4/h6-10H,1-5H3,(H,20,22)(H,21,23). The lowest BCUT2D eigenvalue weighted by Crippen LogP contribution is -2.41. The molecule has 0 aromatic heterocycles. The Kier molecular flexibility index (Phi) is 6.91. The van der Waals surface area contributed by atoms with Crippen LogP contribution in [0.15, 0.2) is 30.3 Å². The van der Waals surface area contributed by atoms with Gasteiger partial charge >= 0.3 is 0 Å². The van der Waals surface area contributed by atoms with Gasteiger partial charge in [0.25, 0.3) is 11.8 Å². The zero-order chi connectivity index (χ0) is 20.7. The number of methoxy groups -OCH3 is 5. The van der Waals surface area contributed by atoms with Crippen LogP contribution in [0.25, 0.3) is 0 Å². The van der Waals surface area contributed by atoms with E-state index in [0.29, 0.717) is 28.7 Å². The molecule has 0 saturated heterocycles. The molecule has 0 unspecified atom stereocenters. The van der Waals surface area contributed by atoms with E-state index in [-0.39, 0.29) is 11.1 Å². The van der Waals surface area contributed by atoms with Crippen molar-refractivity contribution in [3.05, 3.63) is 41.5 Å². The van der Waals surface area contributed by atoms with Crippen LogP contribution in [0.5, 0.6) is 28.7 Å². The van der Waals surface area contributed by atoms with E-state index in [2.05, 4.69) is 10.9 Å². The van der Waals surface area contributed by atoms with E-state index in [1.165, 1.54) is 53.7 Å². The molecule has 0 aliphatic heterocycles. The molecule has 2 rings (SSSR count). The summed E-state index contributed by atoms with van der Waals surface area (Å²) in [6.45, 7) is 0. The molecule has 150 valence electrons. The highest BCUT2D eigenvalue weighted by atomic mass is 16.5. The van der Waals surface area contributed by atoms with Crippen molar-refractivity contribution >= 4 is 11.8 Å². The van der Waals surface area contributed by atoms with Crippen molar-refractivity contribution in [2.75, 3.05) is 35.5 Å². The molecule has 9 heteroatoms. The average molecular weight is 390 g/mol. The third-order valence-electron chi connectivity index (χ3n) is 3.87. The Hall–Kier alpha value is -3.62. The van der Waals surface area contributed by atoms with Gasteiger partial charge in [-0.05, 0) is 24.3 Å². The van der Waals surface area contributed by atoms with Gasteiger partial charge in [0, 0.05) is 11.6 Å². The van der Waals surface area contributed by atoms with E-state index in [0.717, 1.165) is 0 Å². The molecule has 2 N–H and O–H groups in total. The summed E-state index contributed by atoms with van der Waals surface area (Å²) in [6.07, 6.45) is 0. The maximum Gasteiger partial charge on any atom is 0.273 e. The molecule has 0 atom stereocenters. The second-order valence-corrected chi connectivity index (χ2v) is 5.39. The number of hydrogen-bond acceptors (Lipinski definition) is 7. The fourth-order valence-electron chi connectivity index (χ4n) is 2.45. The van der Waals surface area contributed by atoms with Gasteiger partial charge in [0.05, 0.1) is 41.1 Å². The van der Waals surface area contributed by atoms with Gasteiger partial charge in [0.2, 0.25) is 5.75 Å². The molecule has 0 fully saturated rings. The first-order valence-electron chi connectivity index (χ1n) is 8.11. The van der Waals surface area contributed by atoms with E-state index in [1.54, 1.807) is 12.1 Å². The number of ether oxygens (including phenoxy) is 5. The highest BCUT2D eigenvalue weighted by Crippen LogP contribution is 2.38. The summed E-state index contributed by atoms with van der Waals surface area (Å²) in [7, 11) is 7.28. The molecule has 0 bridgehead atoms. The van der Waals surface area contributed by atoms with Crippen LogP contribution in [0.1, 0.15) is 20.7 Å². The number of carbonyl (C=O) groups is 2. The zero-order valence-electron chi connectivity index (χ0n) is 16.2. The molecular weight excluding hydrogens is 368 g/mol. The van der Waals surface area contributed by atoms with Gasteiger partial charge in [-0.25, -0.2) is 0 Å². The van der Waals surface area contributed by atoms with Crippen molar-refractivity contribution in [1.29, 1.82) is 0 Å². The lowest BCUT2D eigenvalue weighted by Gasteiger charge is -2.15. The SMILES string of the molecule is COc1ccc(C(=O)NNC(=O)c2cc(OC)c(OC)c(OC)c2)c(OC)c1. The van der Waals surface area contributed by atoms with Crippen LogP contribution in [0.3, 0.4) is 0 Å². The Morgan fingerprint density at radius 1 is 0.679 bits per heavy atom. The summed E-state index contributed by atoms with van der Waals surface area (Å²) in [5.74, 6) is 0.702. The Balaban J connectivity index is 2.17. The summed E-state index contributed by atoms with van der Waals surface area (Å²) in [6, 6.07) is 7.64. The topological polar surface area (TPSA) is 104 Å². The van der Waals surface area contributed by atoms with Gasteiger partial charge in [0.1, 0.15) is 11.5 Å². The van der Waals surface area contributed by atoms with Crippen LogP contribution in [0, 0.1) is 0 Å². The summed E-state index contributed by atoms with van der Waals surface area (Å²) >= 11 is 0. The first kappa shape index (κ1) is 20.7. The molecule has 2 aromatic carbocycles. The molecule has 9 nitrogen and oxygen atoms in total. The molecule has 0 aliphatic rings. The molecule has 2 amide bonds. The van der Waals surface area contributed by atoms with Crippen LogP contribution in [0.4, 0.5) is 0 Å². The molecule has 0 aliphatic carbocycles. The number of hydrogen-bond donors (Lipinski definition) is 2. The minimum absolute atomic E-state index is 0.205.